The van der Waals surface area contributed by atoms with Crippen LogP contribution in [0.2, 0.25) is 0 Å². The number of nitrogens with zero attached hydrogens (tertiary/aromatic N) is 3. The van der Waals surface area contributed by atoms with Crippen LogP contribution in [-0.2, 0) is 0 Å². The average Bonchev–Trinajstić information content (AvgIpc) is 2.24. The summed E-state index contributed by atoms with van der Waals surface area (Å²) in [6.07, 6.45) is 0.552. The lowest BCUT2D eigenvalue weighted by atomic mass is 10.2. The molecule has 0 bridgehead atoms. The predicted molar refractivity (Wildman–Crippen MR) is 70.7 cm³/mol. The Morgan fingerprint density at radius 2 is 2.12 bits per heavy atom. The maximum absolute atomic E-state index is 7.22. The fraction of sp³-hybridized carbons (Fsp3) is 0.583. The molecule has 0 aromatic carbocycles. The first-order valence-electron chi connectivity index (χ1n) is 5.79. The van der Waals surface area contributed by atoms with Gasteiger partial charge in [-0.25, -0.2) is 9.97 Å². The third-order valence-corrected chi connectivity index (χ3v) is 2.48. The minimum atomic E-state index is 0.201. The van der Waals surface area contributed by atoms with Crippen LogP contribution in [0, 0.1) is 12.3 Å². The van der Waals surface area contributed by atoms with Crippen molar-refractivity contribution in [1.82, 2.24) is 9.97 Å². The third-order valence-electron chi connectivity index (χ3n) is 2.48. The summed E-state index contributed by atoms with van der Waals surface area (Å²) in [6, 6.07) is 1.95. The molecule has 0 aliphatic rings. The van der Waals surface area contributed by atoms with Crippen molar-refractivity contribution in [3.05, 3.63) is 17.6 Å². The van der Waals surface area contributed by atoms with E-state index in [0.717, 1.165) is 17.3 Å². The predicted octanol–water partition coefficient (Wildman–Crippen LogP) is 1.67. The van der Waals surface area contributed by atoms with E-state index in [1.54, 1.807) is 0 Å². The van der Waals surface area contributed by atoms with Gasteiger partial charge in [0.1, 0.15) is 11.6 Å². The summed E-state index contributed by atoms with van der Waals surface area (Å²) in [5.41, 5.74) is 6.32. The second-order valence-corrected chi connectivity index (χ2v) is 4.58. The molecule has 0 saturated carbocycles. The Hall–Kier alpha value is -1.65. The first-order valence-corrected chi connectivity index (χ1v) is 5.79. The van der Waals surface area contributed by atoms with Gasteiger partial charge in [-0.15, -0.1) is 0 Å². The van der Waals surface area contributed by atoms with Gasteiger partial charge in [0.25, 0.3) is 0 Å². The normalized spacial score (nSPS) is 10.6. The molecule has 5 heteroatoms. The van der Waals surface area contributed by atoms with Crippen molar-refractivity contribution in [2.24, 2.45) is 5.73 Å². The van der Waals surface area contributed by atoms with Crippen molar-refractivity contribution in [2.75, 3.05) is 18.5 Å². The zero-order chi connectivity index (χ0) is 13.0. The van der Waals surface area contributed by atoms with Gasteiger partial charge in [-0.2, -0.15) is 0 Å². The molecule has 1 aromatic heterocycles. The van der Waals surface area contributed by atoms with Crippen molar-refractivity contribution in [2.45, 2.75) is 33.1 Å². The third kappa shape index (κ3) is 4.01. The summed E-state index contributed by atoms with van der Waals surface area (Å²) in [6.45, 7) is 6.82. The van der Waals surface area contributed by atoms with Crippen LogP contribution in [0.1, 0.15) is 37.7 Å². The Balaban J connectivity index is 2.85. The number of hydrogen-bond acceptors (Lipinski definition) is 4. The summed E-state index contributed by atoms with van der Waals surface area (Å²) in [7, 11) is 1.95. The molecule has 0 fully saturated rings. The molecule has 0 aliphatic carbocycles. The van der Waals surface area contributed by atoms with Gasteiger partial charge in [-0.3, -0.25) is 5.41 Å². The van der Waals surface area contributed by atoms with Gasteiger partial charge in [0.05, 0.1) is 5.84 Å². The summed E-state index contributed by atoms with van der Waals surface area (Å²) < 4.78 is 0. The highest BCUT2D eigenvalue weighted by atomic mass is 15.2. The molecule has 5 nitrogen and oxygen atoms in total. The molecule has 0 radical (unpaired) electrons. The number of hydrogen-bond donors (Lipinski definition) is 2. The van der Waals surface area contributed by atoms with Crippen LogP contribution in [0.3, 0.4) is 0 Å². The Kier molecular flexibility index (Phi) is 4.43. The number of aromatic nitrogens is 2. The van der Waals surface area contributed by atoms with Crippen molar-refractivity contribution in [3.63, 3.8) is 0 Å². The summed E-state index contributed by atoms with van der Waals surface area (Å²) >= 11 is 0. The first-order chi connectivity index (χ1) is 7.90. The van der Waals surface area contributed by atoms with Gasteiger partial charge in [-0.1, -0.05) is 13.8 Å². The molecule has 17 heavy (non-hydrogen) atoms. The van der Waals surface area contributed by atoms with E-state index < -0.39 is 0 Å². The van der Waals surface area contributed by atoms with Gasteiger partial charge in [-0.05, 0) is 6.92 Å². The first kappa shape index (κ1) is 13.4. The van der Waals surface area contributed by atoms with E-state index in [0.29, 0.717) is 18.9 Å². The Labute approximate surface area is 103 Å². The number of aryl methyl sites for hydroxylation is 1. The minimum Gasteiger partial charge on any atom is -0.388 e. The molecule has 3 N–H and O–H groups in total. The second-order valence-electron chi connectivity index (χ2n) is 4.58. The molecule has 1 heterocycles. The zero-order valence-electron chi connectivity index (χ0n) is 11.0. The van der Waals surface area contributed by atoms with E-state index in [4.69, 9.17) is 11.1 Å². The second kappa shape index (κ2) is 5.61. The molecule has 0 unspecified atom stereocenters. The van der Waals surface area contributed by atoms with E-state index in [-0.39, 0.29) is 5.84 Å². The van der Waals surface area contributed by atoms with E-state index in [9.17, 15) is 0 Å². The molecule has 0 atom stereocenters. The molecule has 0 saturated heterocycles. The average molecular weight is 235 g/mol. The molecule has 1 aromatic rings. The van der Waals surface area contributed by atoms with Crippen LogP contribution < -0.4 is 10.6 Å². The number of amidine groups is 1. The Morgan fingerprint density at radius 3 is 2.65 bits per heavy atom. The highest BCUT2D eigenvalue weighted by molar-refractivity contribution is 5.77. The van der Waals surface area contributed by atoms with Crippen LogP contribution in [-0.4, -0.2) is 29.4 Å². The summed E-state index contributed by atoms with van der Waals surface area (Å²) in [4.78, 5) is 10.9. The van der Waals surface area contributed by atoms with Crippen LogP contribution in [0.15, 0.2) is 6.07 Å². The lowest BCUT2D eigenvalue weighted by Gasteiger charge is -2.19. The largest absolute Gasteiger partial charge is 0.388 e. The number of anilines is 1. The molecular formula is C12H21N5. The van der Waals surface area contributed by atoms with Gasteiger partial charge in [0.15, 0.2) is 0 Å². The summed E-state index contributed by atoms with van der Waals surface area (Å²) in [5, 5.41) is 7.22. The van der Waals surface area contributed by atoms with Crippen molar-refractivity contribution in [1.29, 1.82) is 5.41 Å². The quantitative estimate of drug-likeness (QED) is 0.601. The lowest BCUT2D eigenvalue weighted by molar-refractivity contribution is 0.755. The van der Waals surface area contributed by atoms with E-state index in [1.807, 2.05) is 24.9 Å². The standard InChI is InChI=1S/C12H21N5/c1-8(2)12-15-9(3)7-11(16-12)17(4)6-5-10(13)14/h7-8H,5-6H2,1-4H3,(H3,13,14). The van der Waals surface area contributed by atoms with Gasteiger partial charge < -0.3 is 10.6 Å². The number of nitrogens with two attached hydrogens (primary N) is 1. The van der Waals surface area contributed by atoms with Crippen LogP contribution in [0.5, 0.6) is 0 Å². The van der Waals surface area contributed by atoms with Crippen molar-refractivity contribution < 1.29 is 0 Å². The van der Waals surface area contributed by atoms with Gasteiger partial charge in [0.2, 0.25) is 0 Å². The van der Waals surface area contributed by atoms with Gasteiger partial charge in [0, 0.05) is 37.7 Å². The number of nitrogens with one attached hydrogen (secondary N) is 1. The van der Waals surface area contributed by atoms with E-state index in [2.05, 4.69) is 23.8 Å². The summed E-state index contributed by atoms with van der Waals surface area (Å²) in [5.74, 6) is 2.26. The minimum absolute atomic E-state index is 0.201. The molecule has 0 spiro atoms. The highest BCUT2D eigenvalue weighted by Crippen LogP contribution is 2.16. The monoisotopic (exact) mass is 235 g/mol. The molecule has 0 amide bonds. The van der Waals surface area contributed by atoms with Crippen LogP contribution >= 0.6 is 0 Å². The van der Waals surface area contributed by atoms with Crippen molar-refractivity contribution >= 4 is 11.7 Å². The van der Waals surface area contributed by atoms with Gasteiger partial charge >= 0.3 is 0 Å². The topological polar surface area (TPSA) is 78.9 Å². The number of rotatable bonds is 5. The molecule has 0 aliphatic heterocycles. The van der Waals surface area contributed by atoms with Crippen LogP contribution in [0.25, 0.3) is 0 Å². The molecular weight excluding hydrogens is 214 g/mol. The van der Waals surface area contributed by atoms with E-state index in [1.165, 1.54) is 0 Å². The zero-order valence-corrected chi connectivity index (χ0v) is 11.0. The smallest absolute Gasteiger partial charge is 0.133 e. The SMILES string of the molecule is Cc1cc(N(C)CCC(=N)N)nc(C(C)C)n1. The highest BCUT2D eigenvalue weighted by Gasteiger charge is 2.09. The maximum atomic E-state index is 7.22. The van der Waals surface area contributed by atoms with Crippen molar-refractivity contribution in [3.8, 4) is 0 Å². The lowest BCUT2D eigenvalue weighted by Crippen LogP contribution is -2.25. The fourth-order valence-electron chi connectivity index (χ4n) is 1.43. The van der Waals surface area contributed by atoms with Crippen LogP contribution in [0.4, 0.5) is 5.82 Å². The maximum Gasteiger partial charge on any atom is 0.133 e. The molecule has 94 valence electrons. The molecule has 1 rings (SSSR count). The fourth-order valence-corrected chi connectivity index (χ4v) is 1.43. The van der Waals surface area contributed by atoms with E-state index >= 15 is 0 Å². The Morgan fingerprint density at radius 1 is 1.47 bits per heavy atom. The Bertz CT molecular complexity index is 400.